The molecule has 228 valence electrons. The molecule has 4 heteroatoms. The summed E-state index contributed by atoms with van der Waals surface area (Å²) in [6.45, 7) is 3.83. The van der Waals surface area contributed by atoms with E-state index >= 15 is 0 Å². The first-order valence-electron chi connectivity index (χ1n) is 16.2. The Morgan fingerprint density at radius 3 is 1.76 bits per heavy atom. The summed E-state index contributed by atoms with van der Waals surface area (Å²) in [5.74, 6) is 2.05. The fourth-order valence-electron chi connectivity index (χ4n) is 6.71. The Labute approximate surface area is 267 Å². The number of likely N-dealkylation sites (tertiary alicyclic amines) is 1. The minimum atomic E-state index is -0.350. The molecule has 0 atom stereocenters. The number of nitrogens with one attached hydrogen (secondary N) is 1. The average Bonchev–Trinajstić information content (AvgIpc) is 3.12. The van der Waals surface area contributed by atoms with Crippen LogP contribution in [0.1, 0.15) is 58.6 Å². The molecule has 5 aromatic carbocycles. The summed E-state index contributed by atoms with van der Waals surface area (Å²) < 4.78 is 5.93. The third-order valence-corrected chi connectivity index (χ3v) is 9.24. The van der Waals surface area contributed by atoms with E-state index in [2.05, 4.69) is 101 Å². The molecular weight excluding hydrogens is 552 g/mol. The first kappa shape index (κ1) is 30.4. The molecule has 0 aliphatic carbocycles. The number of rotatable bonds is 12. The first-order chi connectivity index (χ1) is 22.2. The molecule has 0 bridgehead atoms. The van der Waals surface area contributed by atoms with Gasteiger partial charge >= 0.3 is 0 Å². The second-order valence-electron chi connectivity index (χ2n) is 12.1. The SMILES string of the molecule is O=C(NCC(CCCN1CCC(c2ccccc2)CC1)(c1ccccc1)c1ccccc1)c1ccc(Oc2ccccc2)cc1. The van der Waals surface area contributed by atoms with Crippen LogP contribution < -0.4 is 10.1 Å². The summed E-state index contributed by atoms with van der Waals surface area (Å²) in [5.41, 5.74) is 4.19. The predicted octanol–water partition coefficient (Wildman–Crippen LogP) is 8.85. The third-order valence-electron chi connectivity index (χ3n) is 9.24. The standard InChI is InChI=1S/C41H42N2O2/c44-40(35-22-24-39(25-23-35)45-38-20-11-4-12-21-38)42-32-41(36-16-7-2-8-17-36,37-18-9-3-10-19-37)28-13-29-43-30-26-34(27-31-43)33-14-5-1-6-15-33/h1-12,14-25,34H,13,26-32H2,(H,42,44). The van der Waals surface area contributed by atoms with Gasteiger partial charge in [0.2, 0.25) is 0 Å². The summed E-state index contributed by atoms with van der Waals surface area (Å²) in [5, 5.41) is 3.33. The van der Waals surface area contributed by atoms with Crippen LogP contribution >= 0.6 is 0 Å². The summed E-state index contributed by atoms with van der Waals surface area (Å²) >= 11 is 0. The molecule has 0 spiro atoms. The number of hydrogen-bond acceptors (Lipinski definition) is 3. The molecule has 4 nitrogen and oxygen atoms in total. The Morgan fingerprint density at radius 1 is 0.667 bits per heavy atom. The van der Waals surface area contributed by atoms with E-state index in [1.807, 2.05) is 54.6 Å². The molecule has 0 saturated carbocycles. The average molecular weight is 595 g/mol. The van der Waals surface area contributed by atoms with Crippen LogP contribution in [0.5, 0.6) is 11.5 Å². The van der Waals surface area contributed by atoms with Gasteiger partial charge < -0.3 is 15.0 Å². The van der Waals surface area contributed by atoms with Crippen molar-refractivity contribution in [3.63, 3.8) is 0 Å². The van der Waals surface area contributed by atoms with Gasteiger partial charge in [-0.1, -0.05) is 109 Å². The molecule has 1 N–H and O–H groups in total. The van der Waals surface area contributed by atoms with Crippen molar-refractivity contribution < 1.29 is 9.53 Å². The van der Waals surface area contributed by atoms with E-state index in [0.717, 1.165) is 38.2 Å². The number of para-hydroxylation sites is 1. The van der Waals surface area contributed by atoms with Gasteiger partial charge in [0.1, 0.15) is 11.5 Å². The Bertz CT molecular complexity index is 1560. The predicted molar refractivity (Wildman–Crippen MR) is 183 cm³/mol. The number of piperidine rings is 1. The quantitative estimate of drug-likeness (QED) is 0.157. The summed E-state index contributed by atoms with van der Waals surface area (Å²) in [6.07, 6.45) is 4.39. The van der Waals surface area contributed by atoms with Crippen molar-refractivity contribution in [2.75, 3.05) is 26.2 Å². The van der Waals surface area contributed by atoms with E-state index in [4.69, 9.17) is 4.74 Å². The highest BCUT2D eigenvalue weighted by molar-refractivity contribution is 5.94. The Balaban J connectivity index is 1.15. The molecule has 45 heavy (non-hydrogen) atoms. The summed E-state index contributed by atoms with van der Waals surface area (Å²) in [6, 6.07) is 49.4. The molecule has 0 radical (unpaired) electrons. The third kappa shape index (κ3) is 7.71. The van der Waals surface area contributed by atoms with E-state index in [0.29, 0.717) is 23.8 Å². The van der Waals surface area contributed by atoms with Crippen LogP contribution in [0.25, 0.3) is 0 Å². The van der Waals surface area contributed by atoms with Crippen LogP contribution in [0.3, 0.4) is 0 Å². The van der Waals surface area contributed by atoms with Crippen LogP contribution in [0.2, 0.25) is 0 Å². The van der Waals surface area contributed by atoms with Gasteiger partial charge in [-0.25, -0.2) is 0 Å². The van der Waals surface area contributed by atoms with E-state index in [-0.39, 0.29) is 11.3 Å². The van der Waals surface area contributed by atoms with Crippen LogP contribution in [0, 0.1) is 0 Å². The number of nitrogens with zero attached hydrogens (tertiary/aromatic N) is 1. The molecule has 0 aromatic heterocycles. The monoisotopic (exact) mass is 594 g/mol. The van der Waals surface area contributed by atoms with Gasteiger partial charge in [-0.15, -0.1) is 0 Å². The second-order valence-corrected chi connectivity index (χ2v) is 12.1. The zero-order chi connectivity index (χ0) is 30.7. The van der Waals surface area contributed by atoms with Crippen LogP contribution in [0.15, 0.2) is 146 Å². The lowest BCUT2D eigenvalue weighted by Gasteiger charge is -2.37. The highest BCUT2D eigenvalue weighted by atomic mass is 16.5. The van der Waals surface area contributed by atoms with Gasteiger partial charge in [0.25, 0.3) is 5.91 Å². The van der Waals surface area contributed by atoms with Gasteiger partial charge in [0, 0.05) is 17.5 Å². The summed E-state index contributed by atoms with van der Waals surface area (Å²) in [7, 11) is 0. The lowest BCUT2D eigenvalue weighted by molar-refractivity contribution is 0.0944. The van der Waals surface area contributed by atoms with Crippen LogP contribution in [-0.4, -0.2) is 37.0 Å². The van der Waals surface area contributed by atoms with Gasteiger partial charge in [-0.05, 0) is 104 Å². The van der Waals surface area contributed by atoms with Gasteiger partial charge in [0.15, 0.2) is 0 Å². The highest BCUT2D eigenvalue weighted by Gasteiger charge is 2.35. The Morgan fingerprint density at radius 2 is 1.18 bits per heavy atom. The molecule has 1 amide bonds. The van der Waals surface area contributed by atoms with E-state index in [1.165, 1.54) is 29.5 Å². The molecule has 0 unspecified atom stereocenters. The zero-order valence-electron chi connectivity index (χ0n) is 25.9. The topological polar surface area (TPSA) is 41.6 Å². The molecule has 1 fully saturated rings. The number of hydrogen-bond donors (Lipinski definition) is 1. The van der Waals surface area contributed by atoms with Crippen molar-refractivity contribution in [2.45, 2.75) is 37.0 Å². The largest absolute Gasteiger partial charge is 0.457 e. The molecule has 1 aliphatic heterocycles. The smallest absolute Gasteiger partial charge is 0.251 e. The fourth-order valence-corrected chi connectivity index (χ4v) is 6.71. The molecule has 5 aromatic rings. The van der Waals surface area contributed by atoms with Crippen molar-refractivity contribution in [3.8, 4) is 11.5 Å². The lowest BCUT2D eigenvalue weighted by atomic mass is 9.71. The molecule has 1 heterocycles. The van der Waals surface area contributed by atoms with E-state index in [1.54, 1.807) is 0 Å². The number of carbonyl (C=O) groups excluding carboxylic acids is 1. The molecule has 1 aliphatic rings. The van der Waals surface area contributed by atoms with Crippen molar-refractivity contribution in [2.24, 2.45) is 0 Å². The second kappa shape index (κ2) is 14.9. The Hall–Kier alpha value is -4.67. The molecular formula is C41H42N2O2. The molecule has 1 saturated heterocycles. The van der Waals surface area contributed by atoms with Crippen molar-refractivity contribution in [3.05, 3.63) is 168 Å². The lowest BCUT2D eigenvalue weighted by Crippen LogP contribution is -2.42. The number of ether oxygens (including phenoxy) is 1. The zero-order valence-corrected chi connectivity index (χ0v) is 25.9. The van der Waals surface area contributed by atoms with Crippen LogP contribution in [0.4, 0.5) is 0 Å². The van der Waals surface area contributed by atoms with Gasteiger partial charge in [-0.3, -0.25) is 4.79 Å². The van der Waals surface area contributed by atoms with Gasteiger partial charge in [0.05, 0.1) is 0 Å². The maximum atomic E-state index is 13.5. The highest BCUT2D eigenvalue weighted by Crippen LogP contribution is 2.37. The fraction of sp³-hybridized carbons (Fsp3) is 0.244. The summed E-state index contributed by atoms with van der Waals surface area (Å²) in [4.78, 5) is 16.2. The molecule has 6 rings (SSSR count). The Kier molecular flexibility index (Phi) is 10.0. The number of benzene rings is 5. The van der Waals surface area contributed by atoms with Gasteiger partial charge in [-0.2, -0.15) is 0 Å². The van der Waals surface area contributed by atoms with E-state index < -0.39 is 0 Å². The van der Waals surface area contributed by atoms with Crippen LogP contribution in [-0.2, 0) is 5.41 Å². The number of carbonyl (C=O) groups is 1. The minimum Gasteiger partial charge on any atom is -0.457 e. The minimum absolute atomic E-state index is 0.0829. The normalized spacial score (nSPS) is 14.1. The first-order valence-corrected chi connectivity index (χ1v) is 16.2. The van der Waals surface area contributed by atoms with E-state index in [9.17, 15) is 4.79 Å². The van der Waals surface area contributed by atoms with Crippen molar-refractivity contribution in [1.82, 2.24) is 10.2 Å². The maximum Gasteiger partial charge on any atom is 0.251 e. The maximum absolute atomic E-state index is 13.5. The number of amides is 1. The van der Waals surface area contributed by atoms with Crippen molar-refractivity contribution in [1.29, 1.82) is 0 Å². The van der Waals surface area contributed by atoms with Crippen molar-refractivity contribution >= 4 is 5.91 Å².